The molecule has 9 heteroatoms. The fourth-order valence-corrected chi connectivity index (χ4v) is 5.30. The van der Waals surface area contributed by atoms with Gasteiger partial charge in [0.15, 0.2) is 0 Å². The molecule has 1 heterocycles. The number of benzene rings is 2. The van der Waals surface area contributed by atoms with E-state index in [9.17, 15) is 23.1 Å². The summed E-state index contributed by atoms with van der Waals surface area (Å²) in [7, 11) is 2.95. The van der Waals surface area contributed by atoms with E-state index < -0.39 is 33.5 Å². The predicted molar refractivity (Wildman–Crippen MR) is 145 cm³/mol. The molecule has 1 atom stereocenters. The van der Waals surface area contributed by atoms with Crippen LogP contribution in [0.5, 0.6) is 0 Å². The van der Waals surface area contributed by atoms with Crippen LogP contribution in [-0.4, -0.2) is 80.6 Å². The van der Waals surface area contributed by atoms with Crippen LogP contribution in [0, 0.1) is 0 Å². The van der Waals surface area contributed by atoms with Gasteiger partial charge in [0.1, 0.15) is 5.76 Å². The van der Waals surface area contributed by atoms with Crippen LogP contribution in [0.15, 0.2) is 59.0 Å². The number of aliphatic hydroxyl groups is 1. The SMILES string of the molecule is CN(C)CCCN1C(=O)C(=O)/C(=C(/O)c2cccc(S(=O)(=O)N(C)C)c2)C1c1ccc(C(C)(C)C)cc1. The van der Waals surface area contributed by atoms with Gasteiger partial charge in [-0.2, -0.15) is 0 Å². The Morgan fingerprint density at radius 3 is 2.16 bits per heavy atom. The van der Waals surface area contributed by atoms with Gasteiger partial charge in [-0.3, -0.25) is 9.59 Å². The van der Waals surface area contributed by atoms with Gasteiger partial charge in [0.25, 0.3) is 11.7 Å². The zero-order valence-electron chi connectivity index (χ0n) is 22.6. The number of likely N-dealkylation sites (tertiary alicyclic amines) is 1. The van der Waals surface area contributed by atoms with Gasteiger partial charge in [-0.1, -0.05) is 57.2 Å². The zero-order valence-corrected chi connectivity index (χ0v) is 23.5. The first-order chi connectivity index (χ1) is 17.2. The summed E-state index contributed by atoms with van der Waals surface area (Å²) in [6.07, 6.45) is 0.646. The Bertz CT molecular complexity index is 1310. The van der Waals surface area contributed by atoms with Crippen LogP contribution in [-0.2, 0) is 25.0 Å². The monoisotopic (exact) mass is 527 g/mol. The first-order valence-corrected chi connectivity index (χ1v) is 13.7. The molecule has 0 saturated carbocycles. The third kappa shape index (κ3) is 5.95. The highest BCUT2D eigenvalue weighted by molar-refractivity contribution is 7.89. The first-order valence-electron chi connectivity index (χ1n) is 12.2. The molecule has 200 valence electrons. The topological polar surface area (TPSA) is 98.2 Å². The van der Waals surface area contributed by atoms with Crippen LogP contribution in [0.1, 0.15) is 49.9 Å². The molecule has 1 saturated heterocycles. The molecule has 0 spiro atoms. The summed E-state index contributed by atoms with van der Waals surface area (Å²) in [6, 6.07) is 12.7. The van der Waals surface area contributed by atoms with E-state index in [1.54, 1.807) is 0 Å². The Morgan fingerprint density at radius 2 is 1.62 bits per heavy atom. The number of carbonyl (C=O) groups is 2. The number of nitrogens with zero attached hydrogens (tertiary/aromatic N) is 3. The maximum Gasteiger partial charge on any atom is 0.295 e. The standard InChI is InChI=1S/C28H37N3O5S/c1-28(2,3)21-14-12-19(13-15-21)24-23(26(33)27(34)31(24)17-9-16-29(4)5)25(32)20-10-8-11-22(18-20)37(35,36)30(6)7/h8,10-15,18,24,32H,9,16-17H2,1-7H3/b25-23+. The third-order valence-corrected chi connectivity index (χ3v) is 8.33. The van der Waals surface area contributed by atoms with Crippen molar-refractivity contribution in [2.75, 3.05) is 41.3 Å². The van der Waals surface area contributed by atoms with Crippen molar-refractivity contribution in [1.29, 1.82) is 0 Å². The Balaban J connectivity index is 2.16. The second-order valence-corrected chi connectivity index (χ2v) is 13.0. The molecule has 0 radical (unpaired) electrons. The van der Waals surface area contributed by atoms with Crippen LogP contribution >= 0.6 is 0 Å². The average Bonchev–Trinajstić information content (AvgIpc) is 3.08. The largest absolute Gasteiger partial charge is 0.507 e. The van der Waals surface area contributed by atoms with Crippen LogP contribution < -0.4 is 0 Å². The highest BCUT2D eigenvalue weighted by atomic mass is 32.2. The van der Waals surface area contributed by atoms with Gasteiger partial charge in [-0.15, -0.1) is 0 Å². The highest BCUT2D eigenvalue weighted by Gasteiger charge is 2.46. The Hall–Kier alpha value is -3.01. The number of hydrogen-bond donors (Lipinski definition) is 1. The van der Waals surface area contributed by atoms with E-state index >= 15 is 0 Å². The Kier molecular flexibility index (Phi) is 8.31. The lowest BCUT2D eigenvalue weighted by Gasteiger charge is -2.27. The van der Waals surface area contributed by atoms with Gasteiger partial charge < -0.3 is 14.9 Å². The summed E-state index contributed by atoms with van der Waals surface area (Å²) >= 11 is 0. The fourth-order valence-electron chi connectivity index (χ4n) is 4.35. The molecule has 1 unspecified atom stereocenters. The maximum absolute atomic E-state index is 13.3. The molecule has 3 rings (SSSR count). The summed E-state index contributed by atoms with van der Waals surface area (Å²) in [4.78, 5) is 29.9. The minimum atomic E-state index is -3.76. The van der Waals surface area contributed by atoms with Crippen molar-refractivity contribution in [3.05, 3.63) is 70.8 Å². The number of amides is 1. The summed E-state index contributed by atoms with van der Waals surface area (Å²) in [6.45, 7) is 7.36. The van der Waals surface area contributed by atoms with Gasteiger partial charge in [-0.25, -0.2) is 12.7 Å². The Morgan fingerprint density at radius 1 is 1.00 bits per heavy atom. The van der Waals surface area contributed by atoms with E-state index in [1.807, 2.05) is 43.3 Å². The molecule has 2 aromatic rings. The second kappa shape index (κ2) is 10.8. The molecule has 1 N–H and O–H groups in total. The molecular formula is C28H37N3O5S. The van der Waals surface area contributed by atoms with Gasteiger partial charge in [-0.05, 0) is 55.7 Å². The number of aliphatic hydroxyl groups excluding tert-OH is 1. The van der Waals surface area contributed by atoms with Crippen molar-refractivity contribution < 1.29 is 23.1 Å². The second-order valence-electron chi connectivity index (χ2n) is 10.8. The normalized spacial score (nSPS) is 18.3. The molecule has 2 aromatic carbocycles. The van der Waals surface area contributed by atoms with Crippen LogP contribution in [0.3, 0.4) is 0 Å². The smallest absolute Gasteiger partial charge is 0.295 e. The molecular weight excluding hydrogens is 490 g/mol. The number of carbonyl (C=O) groups excluding carboxylic acids is 2. The molecule has 37 heavy (non-hydrogen) atoms. The van der Waals surface area contributed by atoms with Crippen molar-refractivity contribution in [3.63, 3.8) is 0 Å². The number of hydrogen-bond acceptors (Lipinski definition) is 6. The van der Waals surface area contributed by atoms with Crippen LogP contribution in [0.25, 0.3) is 5.76 Å². The van der Waals surface area contributed by atoms with E-state index in [4.69, 9.17) is 0 Å². The van der Waals surface area contributed by atoms with Gasteiger partial charge in [0, 0.05) is 26.2 Å². The molecule has 8 nitrogen and oxygen atoms in total. The fraction of sp³-hybridized carbons (Fsp3) is 0.429. The summed E-state index contributed by atoms with van der Waals surface area (Å²) in [5, 5.41) is 11.3. The third-order valence-electron chi connectivity index (χ3n) is 6.52. The minimum Gasteiger partial charge on any atom is -0.507 e. The van der Waals surface area contributed by atoms with Crippen LogP contribution in [0.4, 0.5) is 0 Å². The number of Topliss-reactive ketones (excluding diaryl/α,β-unsaturated/α-hetero) is 1. The summed E-state index contributed by atoms with van der Waals surface area (Å²) in [5.41, 5.74) is 1.84. The van der Waals surface area contributed by atoms with Crippen molar-refractivity contribution >= 4 is 27.5 Å². The quantitative estimate of drug-likeness (QED) is 0.320. The molecule has 0 aromatic heterocycles. The van der Waals surface area contributed by atoms with Crippen LogP contribution in [0.2, 0.25) is 0 Å². The van der Waals surface area contributed by atoms with E-state index in [2.05, 4.69) is 20.8 Å². The predicted octanol–water partition coefficient (Wildman–Crippen LogP) is 3.61. The zero-order chi connectivity index (χ0) is 27.7. The molecule has 1 amide bonds. The lowest BCUT2D eigenvalue weighted by Crippen LogP contribution is -2.32. The van der Waals surface area contributed by atoms with E-state index in [0.717, 1.165) is 16.4 Å². The minimum absolute atomic E-state index is 0.0205. The van der Waals surface area contributed by atoms with E-state index in [0.29, 0.717) is 18.5 Å². The lowest BCUT2D eigenvalue weighted by molar-refractivity contribution is -0.139. The maximum atomic E-state index is 13.3. The van der Waals surface area contributed by atoms with Crippen molar-refractivity contribution in [1.82, 2.24) is 14.1 Å². The van der Waals surface area contributed by atoms with Crippen molar-refractivity contribution in [2.24, 2.45) is 0 Å². The number of ketones is 1. The highest BCUT2D eigenvalue weighted by Crippen LogP contribution is 2.40. The summed E-state index contributed by atoms with van der Waals surface area (Å²) < 4.78 is 26.4. The van der Waals surface area contributed by atoms with Crippen molar-refractivity contribution in [2.45, 2.75) is 43.5 Å². The number of rotatable bonds is 8. The molecule has 1 fully saturated rings. The summed E-state index contributed by atoms with van der Waals surface area (Å²) in [5.74, 6) is -1.86. The lowest BCUT2D eigenvalue weighted by atomic mass is 9.85. The first kappa shape index (κ1) is 28.6. The van der Waals surface area contributed by atoms with Gasteiger partial charge >= 0.3 is 0 Å². The van der Waals surface area contributed by atoms with E-state index in [-0.39, 0.29) is 21.4 Å². The van der Waals surface area contributed by atoms with Crippen molar-refractivity contribution in [3.8, 4) is 0 Å². The average molecular weight is 528 g/mol. The Labute approximate surface area is 220 Å². The molecule has 1 aliphatic heterocycles. The molecule has 1 aliphatic rings. The van der Waals surface area contributed by atoms with E-state index in [1.165, 1.54) is 43.3 Å². The molecule has 0 bridgehead atoms. The van der Waals surface area contributed by atoms with Gasteiger partial charge in [0.2, 0.25) is 10.0 Å². The number of sulfonamides is 1. The van der Waals surface area contributed by atoms with Gasteiger partial charge in [0.05, 0.1) is 16.5 Å². The molecule has 0 aliphatic carbocycles.